The summed E-state index contributed by atoms with van der Waals surface area (Å²) in [5.41, 5.74) is 2.65. The first kappa shape index (κ1) is 9.60. The second kappa shape index (κ2) is 4.05. The van der Waals surface area contributed by atoms with E-state index in [1.807, 2.05) is 0 Å². The molecule has 0 aliphatic heterocycles. The maximum Gasteiger partial charge on any atom is 0.0482 e. The van der Waals surface area contributed by atoms with Crippen molar-refractivity contribution in [2.24, 2.45) is 0 Å². The Morgan fingerprint density at radius 1 is 1.29 bits per heavy atom. The number of aromatic nitrogens is 1. The molecule has 74 valence electrons. The molecule has 14 heavy (non-hydrogen) atoms. The van der Waals surface area contributed by atoms with Crippen molar-refractivity contribution >= 4 is 22.5 Å². The third-order valence-electron chi connectivity index (χ3n) is 2.56. The van der Waals surface area contributed by atoms with E-state index in [4.69, 9.17) is 11.6 Å². The quantitative estimate of drug-likeness (QED) is 0.678. The minimum absolute atomic E-state index is 0.728. The molecule has 0 bridgehead atoms. The smallest absolute Gasteiger partial charge is 0.0482 e. The lowest BCUT2D eigenvalue weighted by molar-refractivity contribution is 0.707. The minimum atomic E-state index is 0.728. The number of rotatable bonds is 3. The van der Waals surface area contributed by atoms with Gasteiger partial charge in [0.15, 0.2) is 0 Å². The van der Waals surface area contributed by atoms with E-state index in [0.29, 0.717) is 0 Å². The highest BCUT2D eigenvalue weighted by Crippen LogP contribution is 2.19. The summed E-state index contributed by atoms with van der Waals surface area (Å²) in [6.45, 7) is 3.16. The molecular weight excluding hydrogens is 194 g/mol. The van der Waals surface area contributed by atoms with Gasteiger partial charge in [-0.25, -0.2) is 0 Å². The van der Waals surface area contributed by atoms with Crippen LogP contribution in [-0.4, -0.2) is 10.4 Å². The number of fused-ring (bicyclic) bond motifs is 1. The molecule has 2 heteroatoms. The fraction of sp³-hybridized carbons (Fsp3) is 0.333. The standard InChI is InChI=1S/C12H14ClN/c1-10-4-2-5-12-11(10)6-9-14(12)8-3-7-13/h2,4-6,9H,3,7-8H2,1H3. The second-order valence-corrected chi connectivity index (χ2v) is 3.94. The highest BCUT2D eigenvalue weighted by molar-refractivity contribution is 6.17. The van der Waals surface area contributed by atoms with E-state index in [-0.39, 0.29) is 0 Å². The topological polar surface area (TPSA) is 4.93 Å². The fourth-order valence-electron chi connectivity index (χ4n) is 1.80. The van der Waals surface area contributed by atoms with Gasteiger partial charge in [0, 0.05) is 29.5 Å². The average molecular weight is 208 g/mol. The van der Waals surface area contributed by atoms with Crippen molar-refractivity contribution in [3.63, 3.8) is 0 Å². The summed E-state index contributed by atoms with van der Waals surface area (Å²) < 4.78 is 2.27. The molecule has 0 fully saturated rings. The number of hydrogen-bond donors (Lipinski definition) is 0. The lowest BCUT2D eigenvalue weighted by Crippen LogP contribution is -1.96. The first-order chi connectivity index (χ1) is 6.83. The van der Waals surface area contributed by atoms with Crippen LogP contribution in [0.2, 0.25) is 0 Å². The molecule has 0 aliphatic carbocycles. The Balaban J connectivity index is 2.42. The Morgan fingerprint density at radius 3 is 2.93 bits per heavy atom. The van der Waals surface area contributed by atoms with Gasteiger partial charge in [0.05, 0.1) is 0 Å². The maximum atomic E-state index is 5.69. The SMILES string of the molecule is Cc1cccc2c1ccn2CCCCl. The fourth-order valence-corrected chi connectivity index (χ4v) is 1.92. The van der Waals surface area contributed by atoms with Crippen LogP contribution >= 0.6 is 11.6 Å². The van der Waals surface area contributed by atoms with E-state index in [2.05, 4.69) is 42.0 Å². The molecule has 2 aromatic rings. The van der Waals surface area contributed by atoms with Gasteiger partial charge in [0.25, 0.3) is 0 Å². The molecule has 0 saturated carbocycles. The lowest BCUT2D eigenvalue weighted by atomic mass is 10.1. The third kappa shape index (κ3) is 1.64. The number of hydrogen-bond acceptors (Lipinski definition) is 0. The molecule has 0 aliphatic rings. The van der Waals surface area contributed by atoms with Crippen molar-refractivity contribution in [1.29, 1.82) is 0 Å². The molecule has 1 aromatic carbocycles. The van der Waals surface area contributed by atoms with Gasteiger partial charge in [0.2, 0.25) is 0 Å². The largest absolute Gasteiger partial charge is 0.347 e. The van der Waals surface area contributed by atoms with Crippen LogP contribution in [0.4, 0.5) is 0 Å². The molecule has 2 rings (SSSR count). The molecule has 0 saturated heterocycles. The zero-order valence-electron chi connectivity index (χ0n) is 8.33. The molecule has 1 aromatic heterocycles. The van der Waals surface area contributed by atoms with Crippen molar-refractivity contribution in [3.8, 4) is 0 Å². The van der Waals surface area contributed by atoms with Crippen LogP contribution in [0.5, 0.6) is 0 Å². The van der Waals surface area contributed by atoms with Crippen LogP contribution in [0, 0.1) is 6.92 Å². The van der Waals surface area contributed by atoms with E-state index >= 15 is 0 Å². The summed E-state index contributed by atoms with van der Waals surface area (Å²) in [7, 11) is 0. The molecule has 0 spiro atoms. The van der Waals surface area contributed by atoms with Gasteiger partial charge in [-0.2, -0.15) is 0 Å². The Bertz CT molecular complexity index is 431. The molecular formula is C12H14ClN. The van der Waals surface area contributed by atoms with Gasteiger partial charge < -0.3 is 4.57 Å². The van der Waals surface area contributed by atoms with Crippen molar-refractivity contribution in [3.05, 3.63) is 36.0 Å². The molecule has 0 unspecified atom stereocenters. The number of halogens is 1. The number of benzene rings is 1. The van der Waals surface area contributed by atoms with Gasteiger partial charge in [-0.15, -0.1) is 11.6 Å². The zero-order valence-corrected chi connectivity index (χ0v) is 9.09. The van der Waals surface area contributed by atoms with Gasteiger partial charge >= 0.3 is 0 Å². The molecule has 0 amide bonds. The second-order valence-electron chi connectivity index (χ2n) is 3.56. The average Bonchev–Trinajstić information content (AvgIpc) is 2.60. The normalized spacial score (nSPS) is 11.0. The summed E-state index contributed by atoms with van der Waals surface area (Å²) in [5, 5.41) is 1.35. The van der Waals surface area contributed by atoms with Crippen molar-refractivity contribution in [1.82, 2.24) is 4.57 Å². The van der Waals surface area contributed by atoms with Crippen LogP contribution in [0.25, 0.3) is 10.9 Å². The van der Waals surface area contributed by atoms with Crippen LogP contribution in [-0.2, 0) is 6.54 Å². The molecule has 0 N–H and O–H groups in total. The first-order valence-electron chi connectivity index (χ1n) is 4.93. The van der Waals surface area contributed by atoms with Crippen LogP contribution in [0.15, 0.2) is 30.5 Å². The van der Waals surface area contributed by atoms with E-state index < -0.39 is 0 Å². The van der Waals surface area contributed by atoms with Crippen molar-refractivity contribution in [2.45, 2.75) is 19.9 Å². The number of nitrogens with zero attached hydrogens (tertiary/aromatic N) is 1. The zero-order chi connectivity index (χ0) is 9.97. The van der Waals surface area contributed by atoms with Crippen LogP contribution in [0.1, 0.15) is 12.0 Å². The number of aryl methyl sites for hydroxylation is 2. The Labute approximate surface area is 89.3 Å². The Kier molecular flexibility index (Phi) is 2.78. The molecule has 1 nitrogen and oxygen atoms in total. The van der Waals surface area contributed by atoms with E-state index in [1.165, 1.54) is 16.5 Å². The van der Waals surface area contributed by atoms with Gasteiger partial charge in [-0.1, -0.05) is 12.1 Å². The van der Waals surface area contributed by atoms with Crippen molar-refractivity contribution in [2.75, 3.05) is 5.88 Å². The lowest BCUT2D eigenvalue weighted by Gasteiger charge is -2.03. The molecule has 0 radical (unpaired) electrons. The summed E-state index contributed by atoms with van der Waals surface area (Å²) in [5.74, 6) is 0.728. The predicted molar refractivity (Wildman–Crippen MR) is 62.0 cm³/mol. The molecule has 1 heterocycles. The minimum Gasteiger partial charge on any atom is -0.347 e. The van der Waals surface area contributed by atoms with E-state index in [0.717, 1.165) is 18.8 Å². The highest BCUT2D eigenvalue weighted by atomic mass is 35.5. The van der Waals surface area contributed by atoms with Crippen LogP contribution in [0.3, 0.4) is 0 Å². The van der Waals surface area contributed by atoms with Crippen LogP contribution < -0.4 is 0 Å². The summed E-state index contributed by atoms with van der Waals surface area (Å²) in [6, 6.07) is 8.60. The van der Waals surface area contributed by atoms with E-state index in [1.54, 1.807) is 0 Å². The summed E-state index contributed by atoms with van der Waals surface area (Å²) in [4.78, 5) is 0. The number of alkyl halides is 1. The maximum absolute atomic E-state index is 5.69. The van der Waals surface area contributed by atoms with Gasteiger partial charge in [-0.05, 0) is 31.0 Å². The highest BCUT2D eigenvalue weighted by Gasteiger charge is 2.01. The van der Waals surface area contributed by atoms with Crippen molar-refractivity contribution < 1.29 is 0 Å². The van der Waals surface area contributed by atoms with Gasteiger partial charge in [-0.3, -0.25) is 0 Å². The predicted octanol–water partition coefficient (Wildman–Crippen LogP) is 3.58. The summed E-state index contributed by atoms with van der Waals surface area (Å²) in [6.07, 6.45) is 3.17. The molecule has 0 atom stereocenters. The summed E-state index contributed by atoms with van der Waals surface area (Å²) >= 11 is 5.69. The Morgan fingerprint density at radius 2 is 2.14 bits per heavy atom. The first-order valence-corrected chi connectivity index (χ1v) is 5.47. The van der Waals surface area contributed by atoms with E-state index in [9.17, 15) is 0 Å². The third-order valence-corrected chi connectivity index (χ3v) is 2.83. The van der Waals surface area contributed by atoms with Gasteiger partial charge in [0.1, 0.15) is 0 Å². The monoisotopic (exact) mass is 207 g/mol. The Hall–Kier alpha value is -0.950.